The Morgan fingerprint density at radius 2 is 1.95 bits per heavy atom. The van der Waals surface area contributed by atoms with Gasteiger partial charge in [-0.3, -0.25) is 4.79 Å². The van der Waals surface area contributed by atoms with Gasteiger partial charge in [-0.25, -0.2) is 4.79 Å². The van der Waals surface area contributed by atoms with Crippen molar-refractivity contribution in [2.24, 2.45) is 0 Å². The van der Waals surface area contributed by atoms with Gasteiger partial charge in [0.1, 0.15) is 12.2 Å². The predicted molar refractivity (Wildman–Crippen MR) is 60.8 cm³/mol. The van der Waals surface area contributed by atoms with Gasteiger partial charge < -0.3 is 14.2 Å². The maximum absolute atomic E-state index is 13.8. The smallest absolute Gasteiger partial charge is 0.459 e. The third kappa shape index (κ3) is 3.06. The third-order valence-electron chi connectivity index (χ3n) is 2.91. The summed E-state index contributed by atoms with van der Waals surface area (Å²) >= 11 is 0. The predicted octanol–water partition coefficient (Wildman–Crippen LogP) is 2.35. The molecule has 0 bridgehead atoms. The molecule has 1 fully saturated rings. The molecule has 1 saturated heterocycles. The van der Waals surface area contributed by atoms with Crippen molar-refractivity contribution in [3.63, 3.8) is 0 Å². The lowest BCUT2D eigenvalue weighted by Gasteiger charge is -2.34. The van der Waals surface area contributed by atoms with Gasteiger partial charge in [-0.15, -0.1) is 0 Å². The zero-order valence-electron chi connectivity index (χ0n) is 11.6. The Kier molecular flexibility index (Phi) is 4.57. The summed E-state index contributed by atoms with van der Waals surface area (Å²) in [6, 6.07) is 0. The standard InChI is InChI=1S/C12H13F5O5/c1-7(2)8(19)20-5-9(3)4-10(13,14)11(22-9,21-6-18)12(15,16)17/h6H,1,4-5H2,2-3H3. The van der Waals surface area contributed by atoms with E-state index in [1.54, 1.807) is 0 Å². The van der Waals surface area contributed by atoms with Gasteiger partial charge in [0.15, 0.2) is 0 Å². The van der Waals surface area contributed by atoms with E-state index in [0.717, 1.165) is 6.92 Å². The number of carbonyl (C=O) groups excluding carboxylic acids is 2. The van der Waals surface area contributed by atoms with Crippen molar-refractivity contribution in [1.29, 1.82) is 0 Å². The summed E-state index contributed by atoms with van der Waals surface area (Å²) in [5.74, 6) is -9.96. The number of rotatable bonds is 5. The first-order valence-electron chi connectivity index (χ1n) is 5.89. The Morgan fingerprint density at radius 3 is 2.36 bits per heavy atom. The fraction of sp³-hybridized carbons (Fsp3) is 0.667. The zero-order valence-corrected chi connectivity index (χ0v) is 11.6. The van der Waals surface area contributed by atoms with E-state index in [9.17, 15) is 31.5 Å². The van der Waals surface area contributed by atoms with Crippen molar-refractivity contribution in [3.8, 4) is 0 Å². The van der Waals surface area contributed by atoms with Crippen LogP contribution in [0.25, 0.3) is 0 Å². The van der Waals surface area contributed by atoms with Gasteiger partial charge in [-0.2, -0.15) is 22.0 Å². The lowest BCUT2D eigenvalue weighted by Crippen LogP contribution is -2.58. The number of carbonyl (C=O) groups is 2. The van der Waals surface area contributed by atoms with Crippen molar-refractivity contribution >= 4 is 12.4 Å². The van der Waals surface area contributed by atoms with Crippen LogP contribution in [-0.4, -0.2) is 42.5 Å². The van der Waals surface area contributed by atoms with E-state index in [-0.39, 0.29) is 5.57 Å². The molecule has 2 unspecified atom stereocenters. The van der Waals surface area contributed by atoms with E-state index < -0.39 is 49.0 Å². The number of hydrogen-bond acceptors (Lipinski definition) is 5. The van der Waals surface area contributed by atoms with E-state index in [0.29, 0.717) is 0 Å². The summed E-state index contributed by atoms with van der Waals surface area (Å²) in [7, 11) is 0. The van der Waals surface area contributed by atoms with E-state index in [1.807, 2.05) is 0 Å². The van der Waals surface area contributed by atoms with Crippen LogP contribution in [0.2, 0.25) is 0 Å². The van der Waals surface area contributed by atoms with Gasteiger partial charge in [0.25, 0.3) is 6.47 Å². The molecular formula is C12H13F5O5. The van der Waals surface area contributed by atoms with Crippen LogP contribution >= 0.6 is 0 Å². The highest BCUT2D eigenvalue weighted by Gasteiger charge is 2.81. The molecule has 0 aromatic rings. The van der Waals surface area contributed by atoms with Crippen LogP contribution < -0.4 is 0 Å². The minimum atomic E-state index is -5.69. The summed E-state index contributed by atoms with van der Waals surface area (Å²) in [6.45, 7) is 3.72. The van der Waals surface area contributed by atoms with Gasteiger partial charge in [0.05, 0.1) is 6.42 Å². The van der Waals surface area contributed by atoms with Crippen LogP contribution in [0.1, 0.15) is 20.3 Å². The molecule has 126 valence electrons. The maximum Gasteiger partial charge on any atom is 0.462 e. The normalized spacial score (nSPS) is 30.7. The third-order valence-corrected chi connectivity index (χ3v) is 2.91. The summed E-state index contributed by atoms with van der Waals surface area (Å²) in [6.07, 6.45) is -7.15. The van der Waals surface area contributed by atoms with E-state index in [1.165, 1.54) is 6.92 Å². The van der Waals surface area contributed by atoms with Gasteiger partial charge in [0, 0.05) is 5.57 Å². The van der Waals surface area contributed by atoms with E-state index in [4.69, 9.17) is 0 Å². The van der Waals surface area contributed by atoms with Crippen molar-refractivity contribution in [2.75, 3.05) is 6.61 Å². The van der Waals surface area contributed by atoms with Crippen LogP contribution in [0.4, 0.5) is 22.0 Å². The molecule has 10 heteroatoms. The second-order valence-electron chi connectivity index (χ2n) is 5.12. The second-order valence-corrected chi connectivity index (χ2v) is 5.12. The Balaban J connectivity index is 3.08. The van der Waals surface area contributed by atoms with Crippen LogP contribution in [0.3, 0.4) is 0 Å². The zero-order chi connectivity index (χ0) is 17.4. The van der Waals surface area contributed by atoms with Gasteiger partial charge >= 0.3 is 23.9 Å². The molecule has 0 aromatic carbocycles. The Labute approximate surface area is 122 Å². The lowest BCUT2D eigenvalue weighted by molar-refractivity contribution is -0.410. The highest BCUT2D eigenvalue weighted by molar-refractivity contribution is 5.86. The Hall–Kier alpha value is -1.71. The molecule has 0 aliphatic carbocycles. The van der Waals surface area contributed by atoms with Crippen molar-refractivity contribution in [2.45, 2.75) is 43.8 Å². The largest absolute Gasteiger partial charge is 0.462 e. The first kappa shape index (κ1) is 18.3. The minimum absolute atomic E-state index is 0.0698. The van der Waals surface area contributed by atoms with E-state index >= 15 is 0 Å². The summed E-state index contributed by atoms with van der Waals surface area (Å²) in [5.41, 5.74) is -2.27. The van der Waals surface area contributed by atoms with Gasteiger partial charge in [0.2, 0.25) is 0 Å². The van der Waals surface area contributed by atoms with Gasteiger partial charge in [-0.1, -0.05) is 6.58 Å². The van der Waals surface area contributed by atoms with Crippen molar-refractivity contribution < 1.29 is 45.8 Å². The number of halogens is 5. The van der Waals surface area contributed by atoms with E-state index in [2.05, 4.69) is 20.8 Å². The Morgan fingerprint density at radius 1 is 1.41 bits per heavy atom. The van der Waals surface area contributed by atoms with Crippen LogP contribution in [-0.2, 0) is 23.8 Å². The average molecular weight is 332 g/mol. The summed E-state index contributed by atoms with van der Waals surface area (Å²) in [4.78, 5) is 21.4. The molecule has 0 saturated carbocycles. The molecule has 22 heavy (non-hydrogen) atoms. The fourth-order valence-electron chi connectivity index (χ4n) is 1.98. The molecular weight excluding hydrogens is 319 g/mol. The topological polar surface area (TPSA) is 61.8 Å². The molecule has 2 atom stereocenters. The summed E-state index contributed by atoms with van der Waals surface area (Å²) < 4.78 is 79.0. The molecule has 1 rings (SSSR count). The molecule has 5 nitrogen and oxygen atoms in total. The first-order valence-corrected chi connectivity index (χ1v) is 5.89. The highest BCUT2D eigenvalue weighted by atomic mass is 19.4. The molecule has 1 aliphatic heterocycles. The molecule has 0 N–H and O–H groups in total. The van der Waals surface area contributed by atoms with Crippen LogP contribution in [0.5, 0.6) is 0 Å². The number of hydrogen-bond donors (Lipinski definition) is 0. The van der Waals surface area contributed by atoms with Crippen LogP contribution in [0, 0.1) is 0 Å². The molecule has 0 amide bonds. The molecule has 1 heterocycles. The molecule has 0 spiro atoms. The first-order chi connectivity index (χ1) is 9.80. The second kappa shape index (κ2) is 5.49. The monoisotopic (exact) mass is 332 g/mol. The maximum atomic E-state index is 13.8. The minimum Gasteiger partial charge on any atom is -0.459 e. The number of esters is 1. The van der Waals surface area contributed by atoms with Crippen molar-refractivity contribution in [1.82, 2.24) is 0 Å². The average Bonchev–Trinajstić information content (AvgIpc) is 2.54. The lowest BCUT2D eigenvalue weighted by atomic mass is 9.99. The highest BCUT2D eigenvalue weighted by Crippen LogP contribution is 2.56. The quantitative estimate of drug-likeness (QED) is 0.335. The van der Waals surface area contributed by atoms with Gasteiger partial charge in [-0.05, 0) is 13.8 Å². The SMILES string of the molecule is C=C(C)C(=O)OCC1(C)CC(F)(F)C(OC=O)(C(F)(F)F)O1. The number of ether oxygens (including phenoxy) is 3. The molecule has 1 aliphatic rings. The van der Waals surface area contributed by atoms with Crippen LogP contribution in [0.15, 0.2) is 12.2 Å². The Bertz CT molecular complexity index is 489. The molecule has 0 radical (unpaired) electrons. The number of alkyl halides is 5. The summed E-state index contributed by atoms with van der Waals surface area (Å²) in [5, 5.41) is 0. The molecule has 0 aromatic heterocycles. The van der Waals surface area contributed by atoms with Crippen molar-refractivity contribution in [3.05, 3.63) is 12.2 Å². The fourth-order valence-corrected chi connectivity index (χ4v) is 1.98.